The van der Waals surface area contributed by atoms with Gasteiger partial charge in [0.25, 0.3) is 11.8 Å². The molecule has 2 amide bonds. The van der Waals surface area contributed by atoms with Crippen molar-refractivity contribution in [2.24, 2.45) is 0 Å². The number of carbonyl (C=O) groups is 2. The van der Waals surface area contributed by atoms with Gasteiger partial charge in [0.1, 0.15) is 0 Å². The number of hydrogen-bond acceptors (Lipinski definition) is 3. The van der Waals surface area contributed by atoms with Gasteiger partial charge in [0.15, 0.2) is 0 Å². The Hall–Kier alpha value is -4.19. The van der Waals surface area contributed by atoms with Crippen molar-refractivity contribution in [1.82, 2.24) is 15.1 Å². The van der Waals surface area contributed by atoms with Crippen LogP contribution in [0.25, 0.3) is 5.69 Å². The summed E-state index contributed by atoms with van der Waals surface area (Å²) in [5.41, 5.74) is 3.55. The SMILES string of the molecule is O=C(Nc1ccccc1C(=O)NCCc1ccc(-n2cccn2)cc1)c1ccccc1. The molecular weight excluding hydrogens is 388 g/mol. The minimum absolute atomic E-state index is 0.225. The molecule has 31 heavy (non-hydrogen) atoms. The molecule has 1 aromatic heterocycles. The summed E-state index contributed by atoms with van der Waals surface area (Å²) in [4.78, 5) is 25.2. The monoisotopic (exact) mass is 410 g/mol. The summed E-state index contributed by atoms with van der Waals surface area (Å²) in [5.74, 6) is -0.477. The van der Waals surface area contributed by atoms with E-state index in [9.17, 15) is 9.59 Å². The number of hydrogen-bond donors (Lipinski definition) is 2. The van der Waals surface area contributed by atoms with Crippen LogP contribution in [0.15, 0.2) is 97.3 Å². The van der Waals surface area contributed by atoms with Crippen molar-refractivity contribution >= 4 is 17.5 Å². The quantitative estimate of drug-likeness (QED) is 0.482. The van der Waals surface area contributed by atoms with Gasteiger partial charge < -0.3 is 10.6 Å². The van der Waals surface area contributed by atoms with Crippen molar-refractivity contribution in [3.8, 4) is 5.69 Å². The van der Waals surface area contributed by atoms with Crippen LogP contribution in [0.3, 0.4) is 0 Å². The van der Waals surface area contributed by atoms with Gasteiger partial charge in [-0.3, -0.25) is 9.59 Å². The molecule has 2 N–H and O–H groups in total. The summed E-state index contributed by atoms with van der Waals surface area (Å²) in [5, 5.41) is 9.98. The molecule has 6 heteroatoms. The fourth-order valence-electron chi connectivity index (χ4n) is 3.23. The number of nitrogens with zero attached hydrogens (tertiary/aromatic N) is 2. The third-order valence-electron chi connectivity index (χ3n) is 4.86. The van der Waals surface area contributed by atoms with Gasteiger partial charge in [0, 0.05) is 24.5 Å². The normalized spacial score (nSPS) is 10.5. The maximum atomic E-state index is 12.7. The van der Waals surface area contributed by atoms with Gasteiger partial charge in [0.05, 0.1) is 16.9 Å². The Morgan fingerprint density at radius 3 is 2.29 bits per heavy atom. The molecule has 4 aromatic rings. The molecule has 0 bridgehead atoms. The molecule has 0 atom stereocenters. The number of carbonyl (C=O) groups excluding carboxylic acids is 2. The molecule has 0 fully saturated rings. The van der Waals surface area contributed by atoms with Crippen molar-refractivity contribution in [2.75, 3.05) is 11.9 Å². The highest BCUT2D eigenvalue weighted by atomic mass is 16.2. The van der Waals surface area contributed by atoms with Crippen LogP contribution in [0.5, 0.6) is 0 Å². The fourth-order valence-corrected chi connectivity index (χ4v) is 3.23. The summed E-state index contributed by atoms with van der Waals surface area (Å²) in [7, 11) is 0. The fraction of sp³-hybridized carbons (Fsp3) is 0.0800. The molecule has 154 valence electrons. The first-order chi connectivity index (χ1) is 15.2. The van der Waals surface area contributed by atoms with E-state index >= 15 is 0 Å². The maximum absolute atomic E-state index is 12.7. The number of anilines is 1. The van der Waals surface area contributed by atoms with Crippen LogP contribution >= 0.6 is 0 Å². The van der Waals surface area contributed by atoms with Crippen molar-refractivity contribution in [2.45, 2.75) is 6.42 Å². The molecule has 0 radical (unpaired) electrons. The smallest absolute Gasteiger partial charge is 0.255 e. The Balaban J connectivity index is 1.35. The van der Waals surface area contributed by atoms with E-state index in [1.165, 1.54) is 0 Å². The molecule has 0 spiro atoms. The summed E-state index contributed by atoms with van der Waals surface area (Å²) in [6, 6.07) is 25.8. The second-order valence-electron chi connectivity index (χ2n) is 6.99. The lowest BCUT2D eigenvalue weighted by Crippen LogP contribution is -2.27. The molecule has 4 rings (SSSR count). The Kier molecular flexibility index (Phi) is 6.18. The van der Waals surface area contributed by atoms with Gasteiger partial charge in [-0.25, -0.2) is 4.68 Å². The first-order valence-corrected chi connectivity index (χ1v) is 10.0. The number of nitrogens with one attached hydrogen (secondary N) is 2. The van der Waals surface area contributed by atoms with E-state index in [-0.39, 0.29) is 11.8 Å². The topological polar surface area (TPSA) is 76.0 Å². The summed E-state index contributed by atoms with van der Waals surface area (Å²) >= 11 is 0. The average Bonchev–Trinajstić information content (AvgIpc) is 3.35. The second kappa shape index (κ2) is 9.54. The van der Waals surface area contributed by atoms with Gasteiger partial charge in [-0.2, -0.15) is 5.10 Å². The van der Waals surface area contributed by atoms with Gasteiger partial charge in [0.2, 0.25) is 0 Å². The van der Waals surface area contributed by atoms with Gasteiger partial charge >= 0.3 is 0 Å². The minimum Gasteiger partial charge on any atom is -0.352 e. The van der Waals surface area contributed by atoms with Crippen LogP contribution in [-0.4, -0.2) is 28.1 Å². The zero-order chi connectivity index (χ0) is 21.5. The summed E-state index contributed by atoms with van der Waals surface area (Å²) in [6.45, 7) is 0.487. The second-order valence-corrected chi connectivity index (χ2v) is 6.99. The van der Waals surface area contributed by atoms with E-state index in [2.05, 4.69) is 15.7 Å². The highest BCUT2D eigenvalue weighted by Gasteiger charge is 2.13. The molecule has 0 aliphatic heterocycles. The minimum atomic E-state index is -0.252. The van der Waals surface area contributed by atoms with E-state index in [0.717, 1.165) is 11.3 Å². The molecule has 6 nitrogen and oxygen atoms in total. The van der Waals surface area contributed by atoms with Crippen LogP contribution in [0.1, 0.15) is 26.3 Å². The lowest BCUT2D eigenvalue weighted by atomic mass is 10.1. The lowest BCUT2D eigenvalue weighted by molar-refractivity contribution is 0.0955. The highest BCUT2D eigenvalue weighted by molar-refractivity contribution is 6.08. The van der Waals surface area contributed by atoms with Crippen LogP contribution in [0.4, 0.5) is 5.69 Å². The van der Waals surface area contributed by atoms with E-state index in [4.69, 9.17) is 0 Å². The van der Waals surface area contributed by atoms with Gasteiger partial charge in [-0.1, -0.05) is 42.5 Å². The van der Waals surface area contributed by atoms with Crippen molar-refractivity contribution < 1.29 is 9.59 Å². The zero-order valence-electron chi connectivity index (χ0n) is 16.9. The number of rotatable bonds is 7. The predicted octanol–water partition coefficient (Wildman–Crippen LogP) is 4.10. The molecule has 0 saturated carbocycles. The van der Waals surface area contributed by atoms with E-state index in [0.29, 0.717) is 29.8 Å². The molecule has 3 aromatic carbocycles. The Labute approximate surface area is 180 Å². The lowest BCUT2D eigenvalue weighted by Gasteiger charge is -2.12. The Bertz CT molecular complexity index is 1150. The first-order valence-electron chi connectivity index (χ1n) is 10.0. The number of para-hydroxylation sites is 1. The standard InChI is InChI=1S/C25H22N4O2/c30-24(20-7-2-1-3-8-20)28-23-10-5-4-9-22(23)25(31)26-17-15-19-11-13-21(14-12-19)29-18-6-16-27-29/h1-14,16,18H,15,17H2,(H,26,31)(H,28,30). The van der Waals surface area contributed by atoms with Crippen molar-refractivity contribution in [3.05, 3.63) is 114 Å². The number of amides is 2. The van der Waals surface area contributed by atoms with Crippen molar-refractivity contribution in [3.63, 3.8) is 0 Å². The average molecular weight is 410 g/mol. The number of aromatic nitrogens is 2. The largest absolute Gasteiger partial charge is 0.352 e. The summed E-state index contributed by atoms with van der Waals surface area (Å²) < 4.78 is 1.80. The molecule has 0 saturated heterocycles. The van der Waals surface area contributed by atoms with E-state index in [1.54, 1.807) is 59.4 Å². The third-order valence-corrected chi connectivity index (χ3v) is 4.86. The molecule has 0 aliphatic carbocycles. The molecule has 1 heterocycles. The van der Waals surface area contributed by atoms with Crippen molar-refractivity contribution in [1.29, 1.82) is 0 Å². The highest BCUT2D eigenvalue weighted by Crippen LogP contribution is 2.16. The van der Waals surface area contributed by atoms with Gasteiger partial charge in [-0.15, -0.1) is 0 Å². The Morgan fingerprint density at radius 1 is 0.806 bits per heavy atom. The predicted molar refractivity (Wildman–Crippen MR) is 120 cm³/mol. The van der Waals surface area contributed by atoms with Crippen LogP contribution in [0.2, 0.25) is 0 Å². The summed E-state index contributed by atoms with van der Waals surface area (Å²) in [6.07, 6.45) is 4.33. The van der Waals surface area contributed by atoms with E-state index in [1.807, 2.05) is 42.6 Å². The molecule has 0 aliphatic rings. The van der Waals surface area contributed by atoms with Crippen LogP contribution in [-0.2, 0) is 6.42 Å². The van der Waals surface area contributed by atoms with Crippen LogP contribution in [0, 0.1) is 0 Å². The zero-order valence-corrected chi connectivity index (χ0v) is 16.9. The molecular formula is C25H22N4O2. The molecule has 0 unspecified atom stereocenters. The Morgan fingerprint density at radius 2 is 1.55 bits per heavy atom. The van der Waals surface area contributed by atoms with E-state index < -0.39 is 0 Å². The third kappa shape index (κ3) is 5.05. The maximum Gasteiger partial charge on any atom is 0.255 e. The van der Waals surface area contributed by atoms with Crippen LogP contribution < -0.4 is 10.6 Å². The number of benzene rings is 3. The van der Waals surface area contributed by atoms with Gasteiger partial charge in [-0.05, 0) is 54.4 Å². The first kappa shape index (κ1) is 20.1.